The maximum Gasteiger partial charge on any atom is -0.000717 e. The largest absolute Gasteiger partial charge is 0.0622 e. The first-order valence-corrected chi connectivity index (χ1v) is 29.7. The highest BCUT2D eigenvalue weighted by molar-refractivity contribution is 6.50. The maximum atomic E-state index is 2.52. The van der Waals surface area contributed by atoms with E-state index in [0.29, 0.717) is 0 Å². The Morgan fingerprint density at radius 3 is 1.12 bits per heavy atom. The van der Waals surface area contributed by atoms with Gasteiger partial charge in [-0.15, -0.1) is 0 Å². The fourth-order valence-electron chi connectivity index (χ4n) is 16.9. The first-order chi connectivity index (χ1) is 40.6. The quantitative estimate of drug-likeness (QED) is 0.110. The molecule has 0 aliphatic heterocycles. The lowest BCUT2D eigenvalue weighted by Crippen LogP contribution is -1.96. The van der Waals surface area contributed by atoms with Crippen LogP contribution in [0.5, 0.6) is 0 Å². The van der Waals surface area contributed by atoms with Gasteiger partial charge in [-0.1, -0.05) is 245 Å². The molecule has 0 atom stereocenters. The topological polar surface area (TPSA) is 0 Å². The van der Waals surface area contributed by atoms with Gasteiger partial charge in [0.05, 0.1) is 0 Å². The third-order valence-corrected chi connectivity index (χ3v) is 19.9. The van der Waals surface area contributed by atoms with Gasteiger partial charge >= 0.3 is 0 Å². The van der Waals surface area contributed by atoms with Crippen molar-refractivity contribution in [2.45, 2.75) is 40.0 Å². The SMILES string of the molecule is CCc1cc(-c2ccccc2)c(CC)c2c1=c1ccc3c4c(-c5ccccc5)c5c6ccc7c8ccc9c%10c(ccc(c%11ccc(c5c(-c5ccccc5)c4c4ccc=2c1c34)c6c7%11)c%108)-c1c-9c(CC)c2ccccc2c1-c1ccccc1. The van der Waals surface area contributed by atoms with Gasteiger partial charge in [-0.25, -0.2) is 0 Å². The van der Waals surface area contributed by atoms with Crippen molar-refractivity contribution < 1.29 is 0 Å². The Bertz CT molecular complexity index is 5730. The number of hydrogen-bond acceptors (Lipinski definition) is 0. The van der Waals surface area contributed by atoms with Crippen LogP contribution < -0.4 is 0 Å². The molecule has 2 aliphatic rings. The van der Waals surface area contributed by atoms with Gasteiger partial charge in [-0.3, -0.25) is 0 Å². The van der Waals surface area contributed by atoms with Crippen LogP contribution in [0.15, 0.2) is 224 Å². The first-order valence-electron chi connectivity index (χ1n) is 29.7. The highest BCUT2D eigenvalue weighted by Gasteiger charge is 2.34. The Morgan fingerprint density at radius 1 is 0.220 bits per heavy atom. The van der Waals surface area contributed by atoms with Crippen LogP contribution in [-0.4, -0.2) is 0 Å². The van der Waals surface area contributed by atoms with Crippen molar-refractivity contribution >= 4 is 108 Å². The molecule has 0 nitrogen and oxygen atoms in total. The second kappa shape index (κ2) is 16.2. The molecule has 0 saturated carbocycles. The lowest BCUT2D eigenvalue weighted by molar-refractivity contribution is 1.07. The van der Waals surface area contributed by atoms with Crippen LogP contribution in [0.1, 0.15) is 37.5 Å². The standard InChI is InChI=1S/C82H52/c1-4-44-43-65(45-21-11-7-12-22-45)50(6-3)70-58-40-42-64-77-63(41-39-57(66(44)70)74(58)77)81-68(47-25-15-9-16-26-47)79-61-37-33-55-53-31-35-59-71-49(5-2)51-29-19-20-30-52(51)67(46-23-13-8-14-24-46)78(71)60-36-32-54(72(53)75(59)60)56-34-38-62(76(61)73(55)56)80(79)69(82(64)81)48-27-17-10-18-28-48/h7-43H,4-6H2,1-3H3. The van der Waals surface area contributed by atoms with Crippen molar-refractivity contribution in [3.8, 4) is 66.8 Å². The molecule has 0 spiro atoms. The fourth-order valence-corrected chi connectivity index (χ4v) is 16.9. The molecule has 0 heteroatoms. The van der Waals surface area contributed by atoms with E-state index in [1.807, 2.05) is 0 Å². The molecule has 0 saturated heterocycles. The van der Waals surface area contributed by atoms with Gasteiger partial charge in [0.15, 0.2) is 0 Å². The molecule has 0 heterocycles. The van der Waals surface area contributed by atoms with Crippen LogP contribution in [0.4, 0.5) is 0 Å². The van der Waals surface area contributed by atoms with Crippen LogP contribution in [-0.2, 0) is 19.3 Å². The molecular weight excluding hydrogens is 985 g/mol. The summed E-state index contributed by atoms with van der Waals surface area (Å²) in [6.07, 6.45) is 2.89. The predicted molar refractivity (Wildman–Crippen MR) is 351 cm³/mol. The third-order valence-electron chi connectivity index (χ3n) is 19.9. The maximum absolute atomic E-state index is 2.52. The second-order valence-electron chi connectivity index (χ2n) is 23.4. The average Bonchev–Trinajstić information content (AvgIpc) is 3.62. The molecular formula is C82H52. The van der Waals surface area contributed by atoms with Gasteiger partial charge < -0.3 is 0 Å². The first kappa shape index (κ1) is 44.9. The van der Waals surface area contributed by atoms with Crippen LogP contribution in [0.2, 0.25) is 0 Å². The van der Waals surface area contributed by atoms with E-state index in [1.165, 1.54) is 212 Å². The summed E-state index contributed by atoms with van der Waals surface area (Å²) in [5.41, 5.74) is 20.3. The van der Waals surface area contributed by atoms with Gasteiger partial charge in [0, 0.05) is 0 Å². The number of hydrogen-bond donors (Lipinski definition) is 0. The van der Waals surface area contributed by atoms with E-state index in [2.05, 4.69) is 245 Å². The van der Waals surface area contributed by atoms with Gasteiger partial charge in [0.1, 0.15) is 0 Å². The van der Waals surface area contributed by atoms with E-state index in [1.54, 1.807) is 0 Å². The Balaban J connectivity index is 0.972. The van der Waals surface area contributed by atoms with E-state index < -0.39 is 0 Å². The summed E-state index contributed by atoms with van der Waals surface area (Å²) in [4.78, 5) is 0. The molecule has 380 valence electrons. The van der Waals surface area contributed by atoms with E-state index in [9.17, 15) is 0 Å². The lowest BCUT2D eigenvalue weighted by Gasteiger charge is -2.19. The van der Waals surface area contributed by atoms with Gasteiger partial charge in [-0.05, 0) is 231 Å². The summed E-state index contributed by atoms with van der Waals surface area (Å²) < 4.78 is 0. The van der Waals surface area contributed by atoms with E-state index in [4.69, 9.17) is 0 Å². The molecule has 2 aliphatic carbocycles. The number of fused-ring (bicyclic) bond motifs is 13. The Labute approximate surface area is 473 Å². The monoisotopic (exact) mass is 1040 g/mol. The summed E-state index contributed by atoms with van der Waals surface area (Å²) in [6, 6.07) is 86.6. The van der Waals surface area contributed by atoms with Crippen molar-refractivity contribution in [3.05, 3.63) is 262 Å². The highest BCUT2D eigenvalue weighted by Crippen LogP contribution is 2.61. The zero-order valence-corrected chi connectivity index (χ0v) is 46.0. The number of benzene rings is 15. The molecule has 0 N–H and O–H groups in total. The molecule has 17 aromatic carbocycles. The van der Waals surface area contributed by atoms with E-state index in [0.717, 1.165) is 19.3 Å². The summed E-state index contributed by atoms with van der Waals surface area (Å²) in [5, 5.41) is 32.7. The van der Waals surface area contributed by atoms with Crippen LogP contribution in [0.25, 0.3) is 174 Å². The minimum atomic E-state index is 0.961. The molecule has 0 bridgehead atoms. The predicted octanol–water partition coefficient (Wildman–Crippen LogP) is 22.4. The van der Waals surface area contributed by atoms with E-state index >= 15 is 0 Å². The average molecular weight is 1040 g/mol. The van der Waals surface area contributed by atoms with Gasteiger partial charge in [0.25, 0.3) is 0 Å². The third kappa shape index (κ3) is 5.40. The molecule has 0 radical (unpaired) electrons. The lowest BCUT2D eigenvalue weighted by atomic mass is 9.84. The van der Waals surface area contributed by atoms with Crippen molar-refractivity contribution in [2.75, 3.05) is 0 Å². The van der Waals surface area contributed by atoms with Crippen molar-refractivity contribution in [3.63, 3.8) is 0 Å². The summed E-state index contributed by atoms with van der Waals surface area (Å²) in [5.74, 6) is 0. The molecule has 19 rings (SSSR count). The summed E-state index contributed by atoms with van der Waals surface area (Å²) in [6.45, 7) is 7.03. The van der Waals surface area contributed by atoms with Crippen molar-refractivity contribution in [1.82, 2.24) is 0 Å². The van der Waals surface area contributed by atoms with Gasteiger partial charge in [0.2, 0.25) is 0 Å². The van der Waals surface area contributed by atoms with Crippen LogP contribution in [0.3, 0.4) is 0 Å². The Hall–Kier alpha value is -9.88. The number of aryl methyl sites for hydroxylation is 2. The Morgan fingerprint density at radius 2 is 0.610 bits per heavy atom. The second-order valence-corrected chi connectivity index (χ2v) is 23.4. The molecule has 0 amide bonds. The molecule has 0 aromatic heterocycles. The van der Waals surface area contributed by atoms with Crippen molar-refractivity contribution in [1.29, 1.82) is 0 Å². The summed E-state index contributed by atoms with van der Waals surface area (Å²) in [7, 11) is 0. The minimum Gasteiger partial charge on any atom is -0.0622 e. The zero-order valence-electron chi connectivity index (χ0n) is 46.0. The highest BCUT2D eigenvalue weighted by atomic mass is 14.4. The van der Waals surface area contributed by atoms with E-state index in [-0.39, 0.29) is 0 Å². The smallest absolute Gasteiger partial charge is 0.000717 e. The molecule has 0 unspecified atom stereocenters. The fraction of sp³-hybridized carbons (Fsp3) is 0.0732. The Kier molecular flexibility index (Phi) is 8.85. The molecule has 82 heavy (non-hydrogen) atoms. The summed E-state index contributed by atoms with van der Waals surface area (Å²) >= 11 is 0. The normalized spacial score (nSPS) is 12.7. The molecule has 0 fully saturated rings. The zero-order chi connectivity index (χ0) is 53.8. The molecule has 17 aromatic rings. The van der Waals surface area contributed by atoms with Crippen LogP contribution >= 0.6 is 0 Å². The van der Waals surface area contributed by atoms with Crippen molar-refractivity contribution in [2.24, 2.45) is 0 Å². The van der Waals surface area contributed by atoms with Crippen LogP contribution in [0, 0.1) is 20.9 Å². The minimum absolute atomic E-state index is 0.961. The van der Waals surface area contributed by atoms with Gasteiger partial charge in [-0.2, -0.15) is 0 Å². The number of rotatable bonds is 7.